The molecule has 0 amide bonds. The fourth-order valence-corrected chi connectivity index (χ4v) is 2.80. The molecule has 0 aromatic rings. The van der Waals surface area contributed by atoms with E-state index in [1.54, 1.807) is 0 Å². The molecule has 2 rings (SSSR count). The predicted octanol–water partition coefficient (Wildman–Crippen LogP) is 3.12. The van der Waals surface area contributed by atoms with Crippen LogP contribution in [0.1, 0.15) is 45.4 Å². The lowest BCUT2D eigenvalue weighted by atomic mass is 9.80. The fraction of sp³-hybridized carbons (Fsp3) is 0.846. The van der Waals surface area contributed by atoms with Crippen LogP contribution in [-0.2, 0) is 0 Å². The second kappa shape index (κ2) is 4.97. The molecule has 0 bridgehead atoms. The first-order valence-electron chi connectivity index (χ1n) is 6.24. The summed E-state index contributed by atoms with van der Waals surface area (Å²) < 4.78 is 0. The average molecular weight is 193 g/mol. The first-order chi connectivity index (χ1) is 6.86. The average Bonchev–Trinajstić information content (AvgIpc) is 2.69. The fourth-order valence-electron chi connectivity index (χ4n) is 2.80. The molecule has 1 heteroatoms. The zero-order valence-electron chi connectivity index (χ0n) is 9.34. The third-order valence-corrected chi connectivity index (χ3v) is 3.97. The number of hydrogen-bond acceptors (Lipinski definition) is 1. The monoisotopic (exact) mass is 193 g/mol. The van der Waals surface area contributed by atoms with Gasteiger partial charge in [0.25, 0.3) is 0 Å². The highest BCUT2D eigenvalue weighted by molar-refractivity contribution is 4.97. The summed E-state index contributed by atoms with van der Waals surface area (Å²) in [6.07, 6.45) is 12.9. The van der Waals surface area contributed by atoms with Gasteiger partial charge in [0.15, 0.2) is 0 Å². The summed E-state index contributed by atoms with van der Waals surface area (Å²) >= 11 is 0. The highest BCUT2D eigenvalue weighted by atomic mass is 14.9. The smallest absolute Gasteiger partial charge is 0.0136 e. The maximum atomic E-state index is 3.72. The van der Waals surface area contributed by atoms with Crippen molar-refractivity contribution in [3.63, 3.8) is 0 Å². The van der Waals surface area contributed by atoms with Crippen LogP contribution in [0.3, 0.4) is 0 Å². The van der Waals surface area contributed by atoms with Crippen LogP contribution < -0.4 is 5.32 Å². The molecule has 80 valence electrons. The maximum Gasteiger partial charge on any atom is 0.0136 e. The van der Waals surface area contributed by atoms with Gasteiger partial charge in [0.2, 0.25) is 0 Å². The Morgan fingerprint density at radius 1 is 1.14 bits per heavy atom. The minimum Gasteiger partial charge on any atom is -0.313 e. The highest BCUT2D eigenvalue weighted by Gasteiger charge is 2.21. The minimum atomic E-state index is 0.754. The van der Waals surface area contributed by atoms with Crippen LogP contribution in [0, 0.1) is 11.8 Å². The third-order valence-electron chi connectivity index (χ3n) is 3.97. The van der Waals surface area contributed by atoms with Gasteiger partial charge in [-0.2, -0.15) is 0 Å². The summed E-state index contributed by atoms with van der Waals surface area (Å²) in [5.74, 6) is 1.90. The van der Waals surface area contributed by atoms with E-state index in [1.807, 2.05) is 0 Å². The molecule has 0 spiro atoms. The van der Waals surface area contributed by atoms with Crippen LogP contribution in [0.5, 0.6) is 0 Å². The van der Waals surface area contributed by atoms with Crippen LogP contribution in [0.4, 0.5) is 0 Å². The molecule has 0 aliphatic heterocycles. The van der Waals surface area contributed by atoms with E-state index in [2.05, 4.69) is 24.4 Å². The summed E-state index contributed by atoms with van der Waals surface area (Å²) in [7, 11) is 0. The normalized spacial score (nSPS) is 33.8. The van der Waals surface area contributed by atoms with E-state index in [0.717, 1.165) is 17.9 Å². The third kappa shape index (κ3) is 2.60. The molecule has 2 unspecified atom stereocenters. The summed E-state index contributed by atoms with van der Waals surface area (Å²) in [6, 6.07) is 0.754. The van der Waals surface area contributed by atoms with E-state index in [0.29, 0.717) is 0 Å². The van der Waals surface area contributed by atoms with Gasteiger partial charge in [-0.15, -0.1) is 0 Å². The van der Waals surface area contributed by atoms with Gasteiger partial charge in [0.1, 0.15) is 0 Å². The Hall–Kier alpha value is -0.300. The van der Waals surface area contributed by atoms with Crippen LogP contribution >= 0.6 is 0 Å². The molecule has 2 atom stereocenters. The van der Waals surface area contributed by atoms with Crippen LogP contribution in [0.2, 0.25) is 0 Å². The van der Waals surface area contributed by atoms with E-state index in [9.17, 15) is 0 Å². The lowest BCUT2D eigenvalue weighted by Crippen LogP contribution is -2.35. The summed E-state index contributed by atoms with van der Waals surface area (Å²) in [5.41, 5.74) is 0. The van der Waals surface area contributed by atoms with Crippen molar-refractivity contribution in [1.29, 1.82) is 0 Å². The number of rotatable bonds is 3. The summed E-state index contributed by atoms with van der Waals surface area (Å²) in [6.45, 7) is 3.69. The second-order valence-corrected chi connectivity index (χ2v) is 5.07. The molecule has 2 aliphatic carbocycles. The van der Waals surface area contributed by atoms with E-state index >= 15 is 0 Å². The summed E-state index contributed by atoms with van der Waals surface area (Å²) in [4.78, 5) is 0. The van der Waals surface area contributed by atoms with Crippen molar-refractivity contribution in [3.8, 4) is 0 Å². The Balaban J connectivity index is 1.68. The van der Waals surface area contributed by atoms with Crippen molar-refractivity contribution in [2.24, 2.45) is 11.8 Å². The van der Waals surface area contributed by atoms with Crippen LogP contribution in [0.25, 0.3) is 0 Å². The molecule has 0 radical (unpaired) electrons. The molecule has 0 aromatic heterocycles. The van der Waals surface area contributed by atoms with E-state index in [-0.39, 0.29) is 0 Å². The van der Waals surface area contributed by atoms with Crippen molar-refractivity contribution < 1.29 is 0 Å². The largest absolute Gasteiger partial charge is 0.313 e. The lowest BCUT2D eigenvalue weighted by Gasteiger charge is -2.30. The van der Waals surface area contributed by atoms with E-state index in [4.69, 9.17) is 0 Å². The molecule has 0 aromatic carbocycles. The molecule has 0 heterocycles. The molecule has 1 N–H and O–H groups in total. The van der Waals surface area contributed by atoms with Gasteiger partial charge in [-0.05, 0) is 37.6 Å². The van der Waals surface area contributed by atoms with Gasteiger partial charge in [0.05, 0.1) is 0 Å². The number of nitrogens with one attached hydrogen (secondary N) is 1. The van der Waals surface area contributed by atoms with Crippen molar-refractivity contribution >= 4 is 0 Å². The molecule has 1 saturated carbocycles. The Bertz CT molecular complexity index is 189. The van der Waals surface area contributed by atoms with Gasteiger partial charge in [-0.3, -0.25) is 0 Å². The second-order valence-electron chi connectivity index (χ2n) is 5.07. The Morgan fingerprint density at radius 3 is 2.57 bits per heavy atom. The predicted molar refractivity (Wildman–Crippen MR) is 61.3 cm³/mol. The van der Waals surface area contributed by atoms with Crippen molar-refractivity contribution in [2.75, 3.05) is 6.54 Å². The molecule has 2 aliphatic rings. The van der Waals surface area contributed by atoms with E-state index < -0.39 is 0 Å². The van der Waals surface area contributed by atoms with Gasteiger partial charge >= 0.3 is 0 Å². The number of hydrogen-bond donors (Lipinski definition) is 1. The molecular weight excluding hydrogens is 170 g/mol. The molecule has 14 heavy (non-hydrogen) atoms. The molecule has 1 nitrogen and oxygen atoms in total. The highest BCUT2D eigenvalue weighted by Crippen LogP contribution is 2.29. The maximum absolute atomic E-state index is 3.72. The van der Waals surface area contributed by atoms with Gasteiger partial charge in [0, 0.05) is 6.04 Å². The Labute approximate surface area is 88.0 Å². The quantitative estimate of drug-likeness (QED) is 0.679. The van der Waals surface area contributed by atoms with Gasteiger partial charge in [-0.25, -0.2) is 0 Å². The standard InChI is InChI=1S/C13H23N/c1-11-6-2-3-7-12(11)10-14-13-8-4-5-9-13/h4-5,11-14H,2-3,6-10H2,1H3. The Kier molecular flexibility index (Phi) is 3.63. The topological polar surface area (TPSA) is 12.0 Å². The minimum absolute atomic E-state index is 0.754. The summed E-state index contributed by atoms with van der Waals surface area (Å²) in [5, 5.41) is 3.72. The van der Waals surface area contributed by atoms with Gasteiger partial charge < -0.3 is 5.32 Å². The van der Waals surface area contributed by atoms with Crippen molar-refractivity contribution in [3.05, 3.63) is 12.2 Å². The van der Waals surface area contributed by atoms with Crippen LogP contribution in [0.15, 0.2) is 12.2 Å². The van der Waals surface area contributed by atoms with E-state index in [1.165, 1.54) is 45.1 Å². The lowest BCUT2D eigenvalue weighted by molar-refractivity contribution is 0.241. The molecule has 1 fully saturated rings. The van der Waals surface area contributed by atoms with Crippen molar-refractivity contribution in [2.45, 2.75) is 51.5 Å². The Morgan fingerprint density at radius 2 is 1.86 bits per heavy atom. The first-order valence-corrected chi connectivity index (χ1v) is 6.24. The van der Waals surface area contributed by atoms with Crippen LogP contribution in [-0.4, -0.2) is 12.6 Å². The zero-order valence-corrected chi connectivity index (χ0v) is 9.34. The SMILES string of the molecule is CC1CCCCC1CNC1CC=CC1. The van der Waals surface area contributed by atoms with Gasteiger partial charge in [-0.1, -0.05) is 38.3 Å². The van der Waals surface area contributed by atoms with Crippen molar-refractivity contribution in [1.82, 2.24) is 5.32 Å². The molecule has 0 saturated heterocycles. The zero-order chi connectivity index (χ0) is 9.80. The first kappa shape index (κ1) is 10.2. The molecular formula is C13H23N.